The number of carbonyl (C=O) groups excluding carboxylic acids is 2. The molecule has 0 spiro atoms. The fourth-order valence-corrected chi connectivity index (χ4v) is 4.26. The van der Waals surface area contributed by atoms with Gasteiger partial charge in [-0.15, -0.1) is 0 Å². The summed E-state index contributed by atoms with van der Waals surface area (Å²) in [5.41, 5.74) is -0.0555. The topological polar surface area (TPSA) is 120 Å². The monoisotopic (exact) mass is 429 g/mol. The third-order valence-electron chi connectivity index (χ3n) is 5.73. The van der Waals surface area contributed by atoms with Crippen molar-refractivity contribution in [3.05, 3.63) is 34.2 Å². The molecule has 164 valence electrons. The first kappa shape index (κ1) is 21.8. The highest BCUT2D eigenvalue weighted by atomic mass is 19.4. The molecule has 3 rings (SSSR count). The molecule has 0 bridgehead atoms. The van der Waals surface area contributed by atoms with Gasteiger partial charge in [0.05, 0.1) is 5.92 Å². The van der Waals surface area contributed by atoms with E-state index in [4.69, 9.17) is 0 Å². The Kier molecular flexibility index (Phi) is 6.18. The predicted octanol–water partition coefficient (Wildman–Crippen LogP) is 2.05. The maximum atomic E-state index is 13.5. The highest BCUT2D eigenvalue weighted by Gasteiger charge is 2.56. The van der Waals surface area contributed by atoms with E-state index in [0.29, 0.717) is 36.1 Å². The van der Waals surface area contributed by atoms with E-state index in [1.165, 1.54) is 18.3 Å². The van der Waals surface area contributed by atoms with Crippen LogP contribution in [0.1, 0.15) is 37.7 Å². The molecule has 2 aliphatic rings. The van der Waals surface area contributed by atoms with Gasteiger partial charge in [0, 0.05) is 12.3 Å². The molecule has 2 fully saturated rings. The molecule has 2 heterocycles. The van der Waals surface area contributed by atoms with Crippen molar-refractivity contribution in [2.45, 2.75) is 56.8 Å². The molecule has 11 heteroatoms. The maximum Gasteiger partial charge on any atom is 0.408 e. The van der Waals surface area contributed by atoms with E-state index in [-0.39, 0.29) is 6.42 Å². The molecule has 1 aromatic rings. The van der Waals surface area contributed by atoms with Crippen LogP contribution in [-0.4, -0.2) is 51.2 Å². The number of rotatable bonds is 5. The molecular formula is C19H22F3N3O5. The minimum absolute atomic E-state index is 0.116. The van der Waals surface area contributed by atoms with Crippen molar-refractivity contribution >= 4 is 17.9 Å². The molecule has 8 nitrogen and oxygen atoms in total. The number of aromatic nitrogens is 1. The lowest BCUT2D eigenvalue weighted by Gasteiger charge is -2.44. The van der Waals surface area contributed by atoms with Crippen molar-refractivity contribution in [3.8, 4) is 0 Å². The summed E-state index contributed by atoms with van der Waals surface area (Å²) in [6, 6.07) is -2.42. The van der Waals surface area contributed by atoms with Crippen LogP contribution in [0.25, 0.3) is 0 Å². The van der Waals surface area contributed by atoms with E-state index < -0.39 is 53.6 Å². The first-order valence-electron chi connectivity index (χ1n) is 9.70. The minimum Gasteiger partial charge on any atom is -0.480 e. The van der Waals surface area contributed by atoms with Crippen molar-refractivity contribution in [3.63, 3.8) is 0 Å². The van der Waals surface area contributed by atoms with Crippen LogP contribution in [0.3, 0.4) is 0 Å². The second-order valence-electron chi connectivity index (χ2n) is 7.73. The van der Waals surface area contributed by atoms with Crippen LogP contribution in [0.15, 0.2) is 23.1 Å². The molecule has 1 aliphatic heterocycles. The Morgan fingerprint density at radius 3 is 2.47 bits per heavy atom. The van der Waals surface area contributed by atoms with Crippen molar-refractivity contribution in [2.75, 3.05) is 0 Å². The third kappa shape index (κ3) is 4.49. The molecule has 3 N–H and O–H groups in total. The van der Waals surface area contributed by atoms with E-state index in [1.54, 1.807) is 0 Å². The first-order chi connectivity index (χ1) is 14.1. The molecule has 3 atom stereocenters. The molecule has 30 heavy (non-hydrogen) atoms. The van der Waals surface area contributed by atoms with Crippen LogP contribution in [-0.2, 0) is 16.0 Å². The van der Waals surface area contributed by atoms with Gasteiger partial charge in [0.15, 0.2) is 6.04 Å². The zero-order valence-electron chi connectivity index (χ0n) is 15.9. The van der Waals surface area contributed by atoms with Crippen molar-refractivity contribution in [1.29, 1.82) is 0 Å². The Labute approximate surface area is 169 Å². The average molecular weight is 429 g/mol. The smallest absolute Gasteiger partial charge is 0.408 e. The number of urea groups is 1. The summed E-state index contributed by atoms with van der Waals surface area (Å²) in [5, 5.41) is 11.3. The van der Waals surface area contributed by atoms with Gasteiger partial charge in [-0.3, -0.25) is 9.59 Å². The average Bonchev–Trinajstić information content (AvgIpc) is 2.67. The highest BCUT2D eigenvalue weighted by molar-refractivity contribution is 6.07. The number of nitrogens with zero attached hydrogens (tertiary/aromatic N) is 1. The lowest BCUT2D eigenvalue weighted by atomic mass is 9.82. The Morgan fingerprint density at radius 1 is 1.23 bits per heavy atom. The molecule has 0 aromatic carbocycles. The fourth-order valence-electron chi connectivity index (χ4n) is 4.26. The van der Waals surface area contributed by atoms with E-state index in [2.05, 4.69) is 4.98 Å². The summed E-state index contributed by atoms with van der Waals surface area (Å²) in [7, 11) is 0. The summed E-state index contributed by atoms with van der Waals surface area (Å²) < 4.78 is 40.6. The largest absolute Gasteiger partial charge is 0.480 e. The molecule has 1 aliphatic carbocycles. The molecule has 3 unspecified atom stereocenters. The number of aliphatic carboxylic acids is 1. The number of imide groups is 1. The second kappa shape index (κ2) is 8.49. The minimum atomic E-state index is -4.71. The number of nitrogens with one attached hydrogen (secondary N) is 2. The van der Waals surface area contributed by atoms with Gasteiger partial charge in [-0.05, 0) is 36.8 Å². The molecule has 0 radical (unpaired) electrons. The van der Waals surface area contributed by atoms with Gasteiger partial charge >= 0.3 is 18.2 Å². The van der Waals surface area contributed by atoms with E-state index in [1.807, 2.05) is 5.32 Å². The number of hydrogen-bond donors (Lipinski definition) is 3. The summed E-state index contributed by atoms with van der Waals surface area (Å²) in [6.45, 7) is 0. The van der Waals surface area contributed by atoms with Crippen LogP contribution < -0.4 is 10.9 Å². The fraction of sp³-hybridized carbons (Fsp3) is 0.579. The number of pyridine rings is 1. The number of aromatic amines is 1. The van der Waals surface area contributed by atoms with Gasteiger partial charge < -0.3 is 15.4 Å². The predicted molar refractivity (Wildman–Crippen MR) is 97.5 cm³/mol. The Balaban J connectivity index is 1.74. The van der Waals surface area contributed by atoms with Crippen LogP contribution in [0.4, 0.5) is 18.0 Å². The zero-order valence-corrected chi connectivity index (χ0v) is 15.9. The Bertz CT molecular complexity index is 879. The number of hydrogen-bond acceptors (Lipinski definition) is 4. The number of carboxylic acids is 1. The Hall–Kier alpha value is -2.85. The zero-order chi connectivity index (χ0) is 22.1. The molecular weight excluding hydrogens is 407 g/mol. The summed E-state index contributed by atoms with van der Waals surface area (Å²) in [6.07, 6.45) is -0.844. The molecule has 1 saturated heterocycles. The van der Waals surface area contributed by atoms with Gasteiger partial charge in [0.1, 0.15) is 6.04 Å². The Morgan fingerprint density at radius 2 is 1.90 bits per heavy atom. The molecule has 1 saturated carbocycles. The quantitative estimate of drug-likeness (QED) is 0.619. The number of amides is 3. The number of carboxylic acid groups (broad SMARTS) is 1. The number of β-lactam (4-membered cyclic amide) rings is 1. The van der Waals surface area contributed by atoms with Crippen LogP contribution in [0.2, 0.25) is 0 Å². The lowest BCUT2D eigenvalue weighted by Crippen LogP contribution is -2.70. The van der Waals surface area contributed by atoms with Gasteiger partial charge in [-0.2, -0.15) is 13.2 Å². The van der Waals surface area contributed by atoms with Crippen molar-refractivity contribution in [2.24, 2.45) is 11.8 Å². The normalized spacial score (nSPS) is 23.6. The molecule has 3 amide bonds. The van der Waals surface area contributed by atoms with Crippen LogP contribution in [0.5, 0.6) is 0 Å². The van der Waals surface area contributed by atoms with Gasteiger partial charge in [-0.1, -0.05) is 19.3 Å². The number of carbonyl (C=O) groups is 3. The maximum absolute atomic E-state index is 13.5. The highest BCUT2D eigenvalue weighted by Crippen LogP contribution is 2.36. The van der Waals surface area contributed by atoms with Gasteiger partial charge in [0.2, 0.25) is 11.5 Å². The number of likely N-dealkylation sites (tertiary alicyclic amines) is 1. The van der Waals surface area contributed by atoms with Crippen LogP contribution in [0, 0.1) is 11.8 Å². The van der Waals surface area contributed by atoms with Crippen LogP contribution >= 0.6 is 0 Å². The standard InChI is InChI=1S/C19H22F3N3O5/c20-19(21,22)15(11-4-2-1-3-5-11)24-18(30)25-14(17(28)29)12(16(25)27)8-10-6-7-23-13(26)9-10/h6-7,9,11-12,14-15H,1-5,8H2,(H,23,26)(H,24,30)(H,28,29). The third-order valence-corrected chi connectivity index (χ3v) is 5.73. The van der Waals surface area contributed by atoms with E-state index in [9.17, 15) is 37.5 Å². The van der Waals surface area contributed by atoms with Gasteiger partial charge in [-0.25, -0.2) is 14.5 Å². The summed E-state index contributed by atoms with van der Waals surface area (Å²) in [5.74, 6) is -4.34. The first-order valence-corrected chi connectivity index (χ1v) is 9.70. The van der Waals surface area contributed by atoms with Crippen molar-refractivity contribution < 1.29 is 32.7 Å². The van der Waals surface area contributed by atoms with E-state index >= 15 is 0 Å². The lowest BCUT2D eigenvalue weighted by molar-refractivity contribution is -0.172. The summed E-state index contributed by atoms with van der Waals surface area (Å²) in [4.78, 5) is 50.6. The van der Waals surface area contributed by atoms with Gasteiger partial charge in [0.25, 0.3) is 0 Å². The number of halogens is 3. The van der Waals surface area contributed by atoms with Crippen molar-refractivity contribution in [1.82, 2.24) is 15.2 Å². The van der Waals surface area contributed by atoms with E-state index in [0.717, 1.165) is 6.42 Å². The number of H-pyrrole nitrogens is 1. The second-order valence-corrected chi connectivity index (χ2v) is 7.73. The summed E-state index contributed by atoms with van der Waals surface area (Å²) >= 11 is 0. The SMILES string of the molecule is O=C(O)C1C(Cc2cc[nH]c(=O)c2)C(=O)N1C(=O)NC(C1CCCCC1)C(F)(F)F. The molecule has 1 aromatic heterocycles. The number of alkyl halides is 3.